The number of rotatable bonds is 4. The van der Waals surface area contributed by atoms with Gasteiger partial charge in [0.1, 0.15) is 5.82 Å². The summed E-state index contributed by atoms with van der Waals surface area (Å²) < 4.78 is 14.9. The number of nitrogens with zero attached hydrogens (tertiary/aromatic N) is 5. The van der Waals surface area contributed by atoms with Gasteiger partial charge in [0.2, 0.25) is 11.7 Å². The highest BCUT2D eigenvalue weighted by molar-refractivity contribution is 5.90. The van der Waals surface area contributed by atoms with Crippen LogP contribution in [0, 0.1) is 11.7 Å². The lowest BCUT2D eigenvalue weighted by Gasteiger charge is -2.45. The molecule has 1 aliphatic carbocycles. The van der Waals surface area contributed by atoms with Crippen molar-refractivity contribution in [3.63, 3.8) is 0 Å². The average Bonchev–Trinajstić information content (AvgIpc) is 3.20. The van der Waals surface area contributed by atoms with Gasteiger partial charge in [0.25, 0.3) is 5.91 Å². The summed E-state index contributed by atoms with van der Waals surface area (Å²) in [4.78, 5) is 29.6. The Morgan fingerprint density at radius 1 is 1.10 bits per heavy atom. The maximum Gasteiger partial charge on any atom is 0.289 e. The minimum absolute atomic E-state index is 0.0872. The molecule has 9 nitrogen and oxygen atoms in total. The molecule has 1 saturated heterocycles. The Morgan fingerprint density at radius 3 is 2.58 bits per heavy atom. The number of piperazine rings is 1. The van der Waals surface area contributed by atoms with Crippen LogP contribution in [0.4, 0.5) is 4.39 Å². The van der Waals surface area contributed by atoms with Crippen molar-refractivity contribution < 1.29 is 19.1 Å². The van der Waals surface area contributed by atoms with Crippen molar-refractivity contribution in [2.24, 2.45) is 5.92 Å². The van der Waals surface area contributed by atoms with Gasteiger partial charge in [-0.25, -0.2) is 4.39 Å². The first-order valence-corrected chi connectivity index (χ1v) is 10.7. The second-order valence-corrected chi connectivity index (χ2v) is 8.50. The molecule has 0 radical (unpaired) electrons. The molecule has 31 heavy (non-hydrogen) atoms. The number of benzene rings is 1. The highest BCUT2D eigenvalue weighted by Gasteiger charge is 2.41. The smallest absolute Gasteiger partial charge is 0.289 e. The molecule has 0 unspecified atom stereocenters. The van der Waals surface area contributed by atoms with E-state index < -0.39 is 0 Å². The van der Waals surface area contributed by atoms with Gasteiger partial charge in [-0.1, -0.05) is 12.1 Å². The predicted octanol–water partition coefficient (Wildman–Crippen LogP) is 0.317. The summed E-state index contributed by atoms with van der Waals surface area (Å²) in [5.74, 6) is 0.310. The molecular formula is C21H25FN6O3. The number of carbonyl (C=O) groups is 2. The predicted molar refractivity (Wildman–Crippen MR) is 107 cm³/mol. The maximum absolute atomic E-state index is 13.0. The fourth-order valence-electron chi connectivity index (χ4n) is 4.62. The van der Waals surface area contributed by atoms with Gasteiger partial charge in [-0.05, 0) is 30.5 Å². The summed E-state index contributed by atoms with van der Waals surface area (Å²) in [6, 6.07) is 5.87. The van der Waals surface area contributed by atoms with Crippen LogP contribution in [0.1, 0.15) is 40.9 Å². The fourth-order valence-corrected chi connectivity index (χ4v) is 4.62. The highest BCUT2D eigenvalue weighted by atomic mass is 19.1. The Hall–Kier alpha value is -2.85. The number of fused-ring (bicyclic) bond motifs is 3. The van der Waals surface area contributed by atoms with Crippen LogP contribution in [0.15, 0.2) is 24.3 Å². The number of halogens is 1. The number of aromatic nitrogens is 3. The quantitative estimate of drug-likeness (QED) is 0.727. The lowest BCUT2D eigenvalue weighted by atomic mass is 9.81. The molecule has 1 saturated carbocycles. The molecule has 2 amide bonds. The normalized spacial score (nSPS) is 25.4. The molecule has 0 spiro atoms. The van der Waals surface area contributed by atoms with Crippen molar-refractivity contribution in [2.45, 2.75) is 38.1 Å². The summed E-state index contributed by atoms with van der Waals surface area (Å²) >= 11 is 0. The molecule has 164 valence electrons. The van der Waals surface area contributed by atoms with Gasteiger partial charge in [0.05, 0.1) is 12.1 Å². The lowest BCUT2D eigenvalue weighted by Crippen LogP contribution is -2.56. The highest BCUT2D eigenvalue weighted by Crippen LogP contribution is 2.33. The number of amides is 2. The van der Waals surface area contributed by atoms with Gasteiger partial charge in [-0.3, -0.25) is 14.5 Å². The Balaban J connectivity index is 1.27. The van der Waals surface area contributed by atoms with Crippen LogP contribution in [-0.4, -0.2) is 73.8 Å². The van der Waals surface area contributed by atoms with Crippen LogP contribution in [-0.2, 0) is 17.9 Å². The molecule has 2 aliphatic heterocycles. The van der Waals surface area contributed by atoms with Crippen LogP contribution in [0.5, 0.6) is 0 Å². The number of carbonyl (C=O) groups excluding carboxylic acids is 2. The second-order valence-electron chi connectivity index (χ2n) is 8.50. The first-order valence-electron chi connectivity index (χ1n) is 10.7. The van der Waals surface area contributed by atoms with Crippen LogP contribution in [0.3, 0.4) is 0 Å². The number of hydrogen-bond acceptors (Lipinski definition) is 6. The zero-order valence-corrected chi connectivity index (χ0v) is 17.1. The molecule has 2 N–H and O–H groups in total. The third-order valence-electron chi connectivity index (χ3n) is 6.52. The van der Waals surface area contributed by atoms with Crippen molar-refractivity contribution in [3.05, 3.63) is 47.3 Å². The third-order valence-corrected chi connectivity index (χ3v) is 6.52. The third kappa shape index (κ3) is 3.81. The lowest BCUT2D eigenvalue weighted by molar-refractivity contribution is -0.146. The molecule has 1 aromatic carbocycles. The van der Waals surface area contributed by atoms with Crippen molar-refractivity contribution in [1.29, 1.82) is 0 Å². The Bertz CT molecular complexity index is 988. The van der Waals surface area contributed by atoms with E-state index >= 15 is 0 Å². The van der Waals surface area contributed by atoms with Crippen LogP contribution in [0.2, 0.25) is 0 Å². The van der Waals surface area contributed by atoms with Crippen molar-refractivity contribution in [2.75, 3.05) is 26.2 Å². The van der Waals surface area contributed by atoms with E-state index in [1.165, 1.54) is 12.1 Å². The monoisotopic (exact) mass is 428 g/mol. The zero-order valence-electron chi connectivity index (χ0n) is 17.1. The summed E-state index contributed by atoms with van der Waals surface area (Å²) in [5, 5.41) is 20.8. The van der Waals surface area contributed by atoms with Crippen molar-refractivity contribution in [3.8, 4) is 0 Å². The molecule has 0 bridgehead atoms. The van der Waals surface area contributed by atoms with Gasteiger partial charge in [0.15, 0.2) is 5.82 Å². The second kappa shape index (κ2) is 8.01. The Morgan fingerprint density at radius 2 is 1.84 bits per heavy atom. The molecule has 2 fully saturated rings. The summed E-state index contributed by atoms with van der Waals surface area (Å²) in [6.07, 6.45) is 0.722. The standard InChI is InChI=1S/C21H25FN6O3/c22-15-3-1-13(2-4-15)11-23-20(30)19-25-24-18-17-12-27(21(31)14-9-16(29)10-14)6-5-26(17)7-8-28(18)19/h1-4,14,16-17,29H,5-12H2,(H,23,30)/t14?,16?,17-/m0/s1. The fraction of sp³-hybridized carbons (Fsp3) is 0.524. The molecule has 2 aromatic rings. The van der Waals surface area contributed by atoms with E-state index in [0.29, 0.717) is 38.3 Å². The van der Waals surface area contributed by atoms with Gasteiger partial charge in [-0.2, -0.15) is 0 Å². The van der Waals surface area contributed by atoms with E-state index in [1.54, 1.807) is 12.1 Å². The average molecular weight is 428 g/mol. The SMILES string of the molecule is O=C(NCc1ccc(F)cc1)c1nnc2n1CCN1CCN(C(=O)C3CC(O)C3)C[C@@H]21. The molecule has 3 aliphatic rings. The van der Waals surface area contributed by atoms with E-state index in [0.717, 1.165) is 18.7 Å². The molecule has 1 atom stereocenters. The molecule has 3 heterocycles. The van der Waals surface area contributed by atoms with E-state index in [2.05, 4.69) is 20.4 Å². The van der Waals surface area contributed by atoms with E-state index in [4.69, 9.17) is 0 Å². The van der Waals surface area contributed by atoms with Crippen molar-refractivity contribution >= 4 is 11.8 Å². The minimum Gasteiger partial charge on any atom is -0.393 e. The van der Waals surface area contributed by atoms with Crippen LogP contribution < -0.4 is 5.32 Å². The van der Waals surface area contributed by atoms with Gasteiger partial charge in [0, 0.05) is 45.2 Å². The van der Waals surface area contributed by atoms with E-state index in [9.17, 15) is 19.1 Å². The summed E-state index contributed by atoms with van der Waals surface area (Å²) in [7, 11) is 0. The number of aliphatic hydroxyl groups excluding tert-OH is 1. The first-order chi connectivity index (χ1) is 15.0. The Labute approximate surface area is 178 Å². The van der Waals surface area contributed by atoms with Gasteiger partial charge >= 0.3 is 0 Å². The maximum atomic E-state index is 13.0. The van der Waals surface area contributed by atoms with Crippen LogP contribution >= 0.6 is 0 Å². The number of nitrogens with one attached hydrogen (secondary N) is 1. The topological polar surface area (TPSA) is 104 Å². The zero-order chi connectivity index (χ0) is 21.5. The summed E-state index contributed by atoms with van der Waals surface area (Å²) in [6.45, 7) is 3.58. The molecule has 5 rings (SSSR count). The number of hydrogen-bond donors (Lipinski definition) is 2. The van der Waals surface area contributed by atoms with E-state index in [-0.39, 0.29) is 48.1 Å². The molecule has 10 heteroatoms. The largest absolute Gasteiger partial charge is 0.393 e. The first kappa shape index (κ1) is 20.1. The van der Waals surface area contributed by atoms with Crippen LogP contribution in [0.25, 0.3) is 0 Å². The van der Waals surface area contributed by atoms with Gasteiger partial charge < -0.3 is 19.9 Å². The molecule has 1 aromatic heterocycles. The van der Waals surface area contributed by atoms with Crippen molar-refractivity contribution in [1.82, 2.24) is 29.9 Å². The van der Waals surface area contributed by atoms with E-state index in [1.807, 2.05) is 9.47 Å². The molecular weight excluding hydrogens is 403 g/mol. The number of aliphatic hydroxyl groups is 1. The summed E-state index contributed by atoms with van der Waals surface area (Å²) in [5.41, 5.74) is 0.793. The Kier molecular flexibility index (Phi) is 5.19. The van der Waals surface area contributed by atoms with Gasteiger partial charge in [-0.15, -0.1) is 10.2 Å². The minimum atomic E-state index is -0.357.